The number of aliphatic carboxylic acids is 1. The number of carboxylic acids is 1. The van der Waals surface area contributed by atoms with E-state index in [9.17, 15) is 15.0 Å². The quantitative estimate of drug-likeness (QED) is 0.406. The summed E-state index contributed by atoms with van der Waals surface area (Å²) in [6, 6.07) is 17.7. The van der Waals surface area contributed by atoms with Crippen LogP contribution in [0.1, 0.15) is 47.4 Å². The number of hydrogen-bond donors (Lipinski definition) is 3. The summed E-state index contributed by atoms with van der Waals surface area (Å²) < 4.78 is 17.7. The van der Waals surface area contributed by atoms with Crippen LogP contribution in [0, 0.1) is 13.8 Å². The van der Waals surface area contributed by atoms with Crippen molar-refractivity contribution in [2.45, 2.75) is 63.9 Å². The number of aliphatic hydroxyl groups excluding tert-OH is 2. The Bertz CT molecular complexity index is 1280. The summed E-state index contributed by atoms with van der Waals surface area (Å²) in [6.45, 7) is 4.84. The molecule has 7 heteroatoms. The lowest BCUT2D eigenvalue weighted by Gasteiger charge is -2.20. The minimum Gasteiger partial charge on any atom is -0.492 e. The number of carboxylic acid groups (broad SMARTS) is 1. The largest absolute Gasteiger partial charge is 0.492 e. The smallest absolute Gasteiger partial charge is 0.304 e. The summed E-state index contributed by atoms with van der Waals surface area (Å²) in [5, 5.41) is 29.0. The maximum absolute atomic E-state index is 11.1. The predicted octanol–water partition coefficient (Wildman–Crippen LogP) is 4.76. The van der Waals surface area contributed by atoms with Gasteiger partial charge in [0, 0.05) is 17.5 Å². The van der Waals surface area contributed by atoms with Crippen molar-refractivity contribution in [2.24, 2.45) is 0 Å². The third kappa shape index (κ3) is 5.43. The van der Waals surface area contributed by atoms with Gasteiger partial charge in [0.1, 0.15) is 36.1 Å². The Kier molecular flexibility index (Phi) is 7.09. The molecule has 0 saturated heterocycles. The Hall–Kier alpha value is -3.55. The van der Waals surface area contributed by atoms with E-state index < -0.39 is 24.3 Å². The van der Waals surface area contributed by atoms with Crippen LogP contribution in [-0.2, 0) is 11.4 Å². The van der Waals surface area contributed by atoms with E-state index in [2.05, 4.69) is 12.1 Å². The van der Waals surface area contributed by atoms with Gasteiger partial charge in [-0.2, -0.15) is 0 Å². The van der Waals surface area contributed by atoms with Crippen LogP contribution in [0.4, 0.5) is 0 Å². The zero-order chi connectivity index (χ0) is 26.1. The predicted molar refractivity (Wildman–Crippen MR) is 138 cm³/mol. The highest BCUT2D eigenvalue weighted by Gasteiger charge is 2.35. The highest BCUT2D eigenvalue weighted by molar-refractivity contribution is 5.72. The lowest BCUT2D eigenvalue weighted by molar-refractivity contribution is -0.137. The summed E-state index contributed by atoms with van der Waals surface area (Å²) >= 11 is 0. The number of aliphatic hydroxyl groups is 2. The third-order valence-electron chi connectivity index (χ3n) is 7.22. The zero-order valence-corrected chi connectivity index (χ0v) is 21.0. The van der Waals surface area contributed by atoms with E-state index in [0.717, 1.165) is 33.4 Å². The maximum Gasteiger partial charge on any atom is 0.304 e. The average molecular weight is 505 g/mol. The lowest BCUT2D eigenvalue weighted by atomic mass is 9.94. The normalized spacial score (nSPS) is 22.4. The van der Waals surface area contributed by atoms with Gasteiger partial charge >= 0.3 is 5.97 Å². The van der Waals surface area contributed by atoms with Crippen molar-refractivity contribution in [1.82, 2.24) is 0 Å². The minimum atomic E-state index is -0.861. The maximum atomic E-state index is 11.1. The van der Waals surface area contributed by atoms with E-state index in [0.29, 0.717) is 43.3 Å². The van der Waals surface area contributed by atoms with Crippen molar-refractivity contribution in [2.75, 3.05) is 6.61 Å². The lowest BCUT2D eigenvalue weighted by Crippen LogP contribution is -2.32. The van der Waals surface area contributed by atoms with Gasteiger partial charge in [0.05, 0.1) is 19.1 Å². The Labute approximate surface area is 216 Å². The summed E-state index contributed by atoms with van der Waals surface area (Å²) in [6.07, 6.45) is -0.760. The molecule has 3 N–H and O–H groups in total. The second-order valence-electron chi connectivity index (χ2n) is 10.0. The molecular formula is C30H32O7. The second kappa shape index (κ2) is 10.4. The molecule has 2 aliphatic rings. The van der Waals surface area contributed by atoms with Gasteiger partial charge in [0.15, 0.2) is 0 Å². The number of aryl methyl sites for hydroxylation is 2. The fourth-order valence-electron chi connectivity index (χ4n) is 5.38. The molecule has 0 spiro atoms. The van der Waals surface area contributed by atoms with Crippen LogP contribution in [0.25, 0.3) is 11.1 Å². The molecule has 0 radical (unpaired) electrons. The first-order valence-electron chi connectivity index (χ1n) is 12.6. The monoisotopic (exact) mass is 504 g/mol. The zero-order valence-electron chi connectivity index (χ0n) is 21.0. The molecule has 0 bridgehead atoms. The number of hydrogen-bond acceptors (Lipinski definition) is 6. The molecule has 1 saturated carbocycles. The molecule has 0 aromatic heterocycles. The van der Waals surface area contributed by atoms with E-state index in [1.165, 1.54) is 0 Å². The van der Waals surface area contributed by atoms with Crippen LogP contribution < -0.4 is 14.2 Å². The molecule has 3 aromatic carbocycles. The number of carbonyl (C=O) groups is 1. The Morgan fingerprint density at radius 3 is 2.49 bits per heavy atom. The molecule has 4 atom stereocenters. The van der Waals surface area contributed by atoms with E-state index in [1.54, 1.807) is 0 Å². The molecule has 1 heterocycles. The van der Waals surface area contributed by atoms with Gasteiger partial charge < -0.3 is 29.5 Å². The van der Waals surface area contributed by atoms with E-state index in [4.69, 9.17) is 19.3 Å². The van der Waals surface area contributed by atoms with Crippen LogP contribution >= 0.6 is 0 Å². The van der Waals surface area contributed by atoms with Gasteiger partial charge in [-0.05, 0) is 78.8 Å². The number of rotatable bonds is 8. The highest BCUT2D eigenvalue weighted by atomic mass is 16.5. The van der Waals surface area contributed by atoms with E-state index in [1.807, 2.05) is 56.3 Å². The highest BCUT2D eigenvalue weighted by Crippen LogP contribution is 2.39. The Morgan fingerprint density at radius 2 is 1.78 bits per heavy atom. The topological polar surface area (TPSA) is 105 Å². The molecular weight excluding hydrogens is 472 g/mol. The second-order valence-corrected chi connectivity index (χ2v) is 10.0. The molecule has 1 fully saturated rings. The molecule has 5 rings (SSSR count). The SMILES string of the molecule is Cc1cc(O[C@@H]2CC[C@H](O)[C@@H]2O)cc(C)c1-c1cccc(COc2ccc3c(c2)OC[C@H]3CC(=O)O)c1. The molecule has 7 nitrogen and oxygen atoms in total. The summed E-state index contributed by atoms with van der Waals surface area (Å²) in [5.41, 5.74) is 6.25. The summed E-state index contributed by atoms with van der Waals surface area (Å²) in [4.78, 5) is 11.1. The van der Waals surface area contributed by atoms with Gasteiger partial charge in [-0.25, -0.2) is 0 Å². The van der Waals surface area contributed by atoms with Crippen molar-refractivity contribution in [1.29, 1.82) is 0 Å². The van der Waals surface area contributed by atoms with Crippen molar-refractivity contribution >= 4 is 5.97 Å². The minimum absolute atomic E-state index is 0.0532. The van der Waals surface area contributed by atoms with Crippen molar-refractivity contribution in [3.05, 3.63) is 76.9 Å². The first-order chi connectivity index (χ1) is 17.8. The molecule has 1 aliphatic heterocycles. The first kappa shape index (κ1) is 25.1. The van der Waals surface area contributed by atoms with E-state index in [-0.39, 0.29) is 12.3 Å². The molecule has 1 aliphatic carbocycles. The fourth-order valence-corrected chi connectivity index (χ4v) is 5.38. The molecule has 0 amide bonds. The summed E-state index contributed by atoms with van der Waals surface area (Å²) in [5.74, 6) is 1.10. The van der Waals surface area contributed by atoms with Crippen LogP contribution in [-0.4, -0.2) is 46.2 Å². The van der Waals surface area contributed by atoms with Gasteiger partial charge in [-0.1, -0.05) is 24.3 Å². The third-order valence-corrected chi connectivity index (χ3v) is 7.22. The van der Waals surface area contributed by atoms with Crippen molar-refractivity contribution in [3.8, 4) is 28.4 Å². The summed E-state index contributed by atoms with van der Waals surface area (Å²) in [7, 11) is 0. The van der Waals surface area contributed by atoms with Gasteiger partial charge in [-0.3, -0.25) is 4.79 Å². The van der Waals surface area contributed by atoms with Gasteiger partial charge in [0.25, 0.3) is 0 Å². The number of benzene rings is 3. The van der Waals surface area contributed by atoms with Crippen LogP contribution in [0.2, 0.25) is 0 Å². The Balaban J connectivity index is 1.28. The van der Waals surface area contributed by atoms with Gasteiger partial charge in [-0.15, -0.1) is 0 Å². The van der Waals surface area contributed by atoms with Crippen LogP contribution in [0.15, 0.2) is 54.6 Å². The molecule has 0 unspecified atom stereocenters. The van der Waals surface area contributed by atoms with E-state index >= 15 is 0 Å². The number of fused-ring (bicyclic) bond motifs is 1. The average Bonchev–Trinajstić information content (AvgIpc) is 3.40. The molecule has 194 valence electrons. The van der Waals surface area contributed by atoms with Crippen molar-refractivity contribution in [3.63, 3.8) is 0 Å². The van der Waals surface area contributed by atoms with Crippen molar-refractivity contribution < 1.29 is 34.3 Å². The molecule has 37 heavy (non-hydrogen) atoms. The number of ether oxygens (including phenoxy) is 3. The fraction of sp³-hybridized carbons (Fsp3) is 0.367. The van der Waals surface area contributed by atoms with Crippen LogP contribution in [0.5, 0.6) is 17.2 Å². The standard InChI is InChI=1S/C30H32O7/c1-17-10-23(37-26-9-8-25(31)30(26)34)11-18(2)29(17)20-5-3-4-19(12-20)15-35-22-6-7-24-21(13-28(32)33)16-36-27(24)14-22/h3-7,10-12,14,21,25-26,30-31,34H,8-9,13,15-16H2,1-2H3,(H,32,33)/t21-,25+,26-,30+/m1/s1. The first-order valence-corrected chi connectivity index (χ1v) is 12.6. The molecule has 3 aromatic rings. The Morgan fingerprint density at radius 1 is 1.00 bits per heavy atom. The van der Waals surface area contributed by atoms with Crippen LogP contribution in [0.3, 0.4) is 0 Å². The van der Waals surface area contributed by atoms with Gasteiger partial charge in [0.2, 0.25) is 0 Å².